The van der Waals surface area contributed by atoms with Crippen molar-refractivity contribution in [3.05, 3.63) is 34.9 Å². The van der Waals surface area contributed by atoms with Gasteiger partial charge in [-0.1, -0.05) is 37.6 Å². The average Bonchev–Trinajstić information content (AvgIpc) is 2.37. The number of carbonyl (C=O) groups is 1. The lowest BCUT2D eigenvalue weighted by Crippen LogP contribution is -2.37. The quantitative estimate of drug-likeness (QED) is 0.802. The molecule has 1 aromatic rings. The average molecular weight is 333 g/mol. The Morgan fingerprint density at radius 2 is 1.81 bits per heavy atom. The highest BCUT2D eigenvalue weighted by Crippen LogP contribution is 2.22. The smallest absolute Gasteiger partial charge is 0.237 e. The van der Waals surface area contributed by atoms with Crippen LogP contribution >= 0.6 is 11.6 Å². The molecular weight excluding hydrogens is 312 g/mol. The Labute approximate surface area is 131 Å². The normalized spacial score (nSPS) is 13.2. The molecule has 0 aromatic heterocycles. The highest BCUT2D eigenvalue weighted by atomic mass is 35.5. The molecule has 0 heterocycles. The number of hydrogen-bond acceptors (Lipinski definition) is 3. The Morgan fingerprint density at radius 1 is 1.24 bits per heavy atom. The van der Waals surface area contributed by atoms with Crippen molar-refractivity contribution < 1.29 is 13.2 Å². The summed E-state index contributed by atoms with van der Waals surface area (Å²) in [5, 5.41) is 3.39. The van der Waals surface area contributed by atoms with Crippen LogP contribution in [-0.4, -0.2) is 27.1 Å². The molecular formula is C14H21ClN2O3S. The van der Waals surface area contributed by atoms with Gasteiger partial charge in [0.15, 0.2) is 0 Å². The van der Waals surface area contributed by atoms with E-state index in [4.69, 9.17) is 11.6 Å². The van der Waals surface area contributed by atoms with Gasteiger partial charge in [0, 0.05) is 5.02 Å². The molecule has 0 aliphatic heterocycles. The molecule has 5 nitrogen and oxygen atoms in total. The molecule has 0 aliphatic carbocycles. The zero-order valence-electron chi connectivity index (χ0n) is 12.4. The van der Waals surface area contributed by atoms with Crippen LogP contribution in [0.4, 0.5) is 0 Å². The monoisotopic (exact) mass is 332 g/mol. The minimum absolute atomic E-state index is 0.234. The Hall–Kier alpha value is -1.11. The highest BCUT2D eigenvalue weighted by Gasteiger charge is 2.20. The second-order valence-corrected chi connectivity index (χ2v) is 7.63. The molecule has 2 N–H and O–H groups in total. The predicted molar refractivity (Wildman–Crippen MR) is 84.6 cm³/mol. The lowest BCUT2D eigenvalue weighted by Gasteiger charge is -2.21. The van der Waals surface area contributed by atoms with Crippen molar-refractivity contribution in [2.24, 2.45) is 5.92 Å². The summed E-state index contributed by atoms with van der Waals surface area (Å²) in [6, 6.07) is 6.94. The molecule has 1 atom stereocenters. The van der Waals surface area contributed by atoms with Crippen molar-refractivity contribution in [3.8, 4) is 0 Å². The number of carbonyl (C=O) groups excluding carboxylic acids is 1. The molecule has 0 saturated heterocycles. The Morgan fingerprint density at radius 3 is 2.29 bits per heavy atom. The fourth-order valence-electron chi connectivity index (χ4n) is 1.93. The summed E-state index contributed by atoms with van der Waals surface area (Å²) in [6.45, 7) is 4.08. The molecule has 0 aliphatic rings. The molecule has 1 amide bonds. The zero-order chi connectivity index (χ0) is 16.0. The van der Waals surface area contributed by atoms with E-state index in [0.29, 0.717) is 17.4 Å². The molecule has 0 spiro atoms. The van der Waals surface area contributed by atoms with E-state index in [1.807, 2.05) is 26.0 Å². The Bertz CT molecular complexity index is 570. The maximum absolute atomic E-state index is 11.9. The van der Waals surface area contributed by atoms with Crippen LogP contribution in [0.2, 0.25) is 5.02 Å². The SMILES string of the molecule is CNS(=O)(=O)CC(=O)N[C@H](CC(C)C)c1ccc(Cl)cc1. The summed E-state index contributed by atoms with van der Waals surface area (Å²) in [5.41, 5.74) is 0.906. The van der Waals surface area contributed by atoms with Gasteiger partial charge in [-0.2, -0.15) is 0 Å². The first-order chi connectivity index (χ1) is 9.73. The van der Waals surface area contributed by atoms with Gasteiger partial charge in [0.05, 0.1) is 6.04 Å². The van der Waals surface area contributed by atoms with E-state index in [-0.39, 0.29) is 6.04 Å². The molecule has 0 radical (unpaired) electrons. The van der Waals surface area contributed by atoms with E-state index in [1.54, 1.807) is 12.1 Å². The van der Waals surface area contributed by atoms with Crippen LogP contribution in [0, 0.1) is 5.92 Å². The molecule has 0 saturated carbocycles. The van der Waals surface area contributed by atoms with Crippen molar-refractivity contribution in [1.82, 2.24) is 10.0 Å². The van der Waals surface area contributed by atoms with E-state index >= 15 is 0 Å². The number of halogens is 1. The van der Waals surface area contributed by atoms with Gasteiger partial charge in [0.2, 0.25) is 15.9 Å². The lowest BCUT2D eigenvalue weighted by atomic mass is 9.97. The van der Waals surface area contributed by atoms with Crippen LogP contribution < -0.4 is 10.0 Å². The van der Waals surface area contributed by atoms with Gasteiger partial charge >= 0.3 is 0 Å². The van der Waals surface area contributed by atoms with Crippen molar-refractivity contribution >= 4 is 27.5 Å². The molecule has 1 rings (SSSR count). The first-order valence-corrected chi connectivity index (χ1v) is 8.72. The molecule has 1 aromatic carbocycles. The fourth-order valence-corrected chi connectivity index (χ4v) is 2.62. The summed E-state index contributed by atoms with van der Waals surface area (Å²) in [6.07, 6.45) is 0.715. The molecule has 21 heavy (non-hydrogen) atoms. The van der Waals surface area contributed by atoms with E-state index in [9.17, 15) is 13.2 Å². The Balaban J connectivity index is 2.84. The molecule has 0 fully saturated rings. The van der Waals surface area contributed by atoms with Gasteiger partial charge < -0.3 is 5.32 Å². The van der Waals surface area contributed by atoms with Crippen molar-refractivity contribution in [2.75, 3.05) is 12.8 Å². The minimum Gasteiger partial charge on any atom is -0.348 e. The number of benzene rings is 1. The standard InChI is InChI=1S/C14H21ClN2O3S/c1-10(2)8-13(11-4-6-12(15)7-5-11)17-14(18)9-21(19,20)16-3/h4-7,10,13,16H,8-9H2,1-3H3,(H,17,18)/t13-/m1/s1. The van der Waals surface area contributed by atoms with E-state index in [0.717, 1.165) is 5.56 Å². The van der Waals surface area contributed by atoms with Crippen molar-refractivity contribution in [2.45, 2.75) is 26.3 Å². The van der Waals surface area contributed by atoms with Gasteiger partial charge in [0.1, 0.15) is 5.75 Å². The zero-order valence-corrected chi connectivity index (χ0v) is 14.0. The maximum atomic E-state index is 11.9. The molecule has 0 unspecified atom stereocenters. The maximum Gasteiger partial charge on any atom is 0.237 e. The van der Waals surface area contributed by atoms with Gasteiger partial charge in [-0.05, 0) is 37.1 Å². The lowest BCUT2D eigenvalue weighted by molar-refractivity contribution is -0.119. The van der Waals surface area contributed by atoms with Gasteiger partial charge in [-0.15, -0.1) is 0 Å². The van der Waals surface area contributed by atoms with Crippen LogP contribution in [0.5, 0.6) is 0 Å². The van der Waals surface area contributed by atoms with Crippen molar-refractivity contribution in [1.29, 1.82) is 0 Å². The summed E-state index contributed by atoms with van der Waals surface area (Å²) in [4.78, 5) is 11.9. The number of rotatable bonds is 7. The van der Waals surface area contributed by atoms with Crippen LogP contribution in [-0.2, 0) is 14.8 Å². The molecule has 0 bridgehead atoms. The van der Waals surface area contributed by atoms with E-state index in [2.05, 4.69) is 10.0 Å². The van der Waals surface area contributed by atoms with Gasteiger partial charge in [0.25, 0.3) is 0 Å². The number of sulfonamides is 1. The first kappa shape index (κ1) is 17.9. The summed E-state index contributed by atoms with van der Waals surface area (Å²) < 4.78 is 24.9. The van der Waals surface area contributed by atoms with Crippen LogP contribution in [0.25, 0.3) is 0 Å². The predicted octanol–water partition coefficient (Wildman–Crippen LogP) is 2.09. The number of hydrogen-bond donors (Lipinski definition) is 2. The molecule has 7 heteroatoms. The largest absolute Gasteiger partial charge is 0.348 e. The fraction of sp³-hybridized carbons (Fsp3) is 0.500. The van der Waals surface area contributed by atoms with E-state index < -0.39 is 21.7 Å². The number of nitrogens with one attached hydrogen (secondary N) is 2. The third-order valence-electron chi connectivity index (χ3n) is 2.95. The summed E-state index contributed by atoms with van der Waals surface area (Å²) in [7, 11) is -2.28. The van der Waals surface area contributed by atoms with Gasteiger partial charge in [-0.25, -0.2) is 13.1 Å². The third kappa shape index (κ3) is 6.46. The third-order valence-corrected chi connectivity index (χ3v) is 4.46. The number of amides is 1. The highest BCUT2D eigenvalue weighted by molar-refractivity contribution is 7.90. The second kappa shape index (κ2) is 7.77. The summed E-state index contributed by atoms with van der Waals surface area (Å²) in [5.74, 6) is -0.747. The van der Waals surface area contributed by atoms with Crippen LogP contribution in [0.3, 0.4) is 0 Å². The Kier molecular flexibility index (Phi) is 6.64. The molecule has 118 valence electrons. The van der Waals surface area contributed by atoms with Gasteiger partial charge in [-0.3, -0.25) is 4.79 Å². The second-order valence-electron chi connectivity index (χ2n) is 5.26. The van der Waals surface area contributed by atoms with Crippen LogP contribution in [0.1, 0.15) is 31.9 Å². The minimum atomic E-state index is -3.56. The van der Waals surface area contributed by atoms with Crippen LogP contribution in [0.15, 0.2) is 24.3 Å². The first-order valence-electron chi connectivity index (χ1n) is 6.69. The van der Waals surface area contributed by atoms with E-state index in [1.165, 1.54) is 7.05 Å². The topological polar surface area (TPSA) is 75.3 Å². The van der Waals surface area contributed by atoms with Crippen molar-refractivity contribution in [3.63, 3.8) is 0 Å². The summed E-state index contributed by atoms with van der Waals surface area (Å²) >= 11 is 5.86.